The van der Waals surface area contributed by atoms with Crippen LogP contribution in [0.5, 0.6) is 0 Å². The van der Waals surface area contributed by atoms with E-state index in [9.17, 15) is 4.79 Å². The number of benzene rings is 1. The average Bonchev–Trinajstić information content (AvgIpc) is 2.91. The molecule has 1 atom stereocenters. The van der Waals surface area contributed by atoms with Crippen molar-refractivity contribution >= 4 is 17.7 Å². The zero-order chi connectivity index (χ0) is 17.6. The molecule has 0 spiro atoms. The molecular formula is C19H25N3O2S. The largest absolute Gasteiger partial charge is 0.411 e. The minimum absolute atomic E-state index is 0.0483. The maximum Gasteiger partial charge on any atom is 0.277 e. The lowest BCUT2D eigenvalue weighted by molar-refractivity contribution is -0.121. The van der Waals surface area contributed by atoms with E-state index >= 15 is 0 Å². The highest BCUT2D eigenvalue weighted by Crippen LogP contribution is 2.27. The van der Waals surface area contributed by atoms with Crippen molar-refractivity contribution in [2.75, 3.05) is 0 Å². The molecule has 0 saturated heterocycles. The van der Waals surface area contributed by atoms with Gasteiger partial charge >= 0.3 is 0 Å². The number of hydrogen-bond donors (Lipinski definition) is 1. The number of hydrogen-bond acceptors (Lipinski definition) is 5. The Balaban J connectivity index is 1.57. The van der Waals surface area contributed by atoms with Gasteiger partial charge in [-0.25, -0.2) is 0 Å². The molecular weight excluding hydrogens is 334 g/mol. The predicted octanol–water partition coefficient (Wildman–Crippen LogP) is 4.36. The SMILES string of the molecule is Cc1cccc(-c2nnc(S[C@H](C)C(=O)NC3CCCCCC3)o2)c1. The third kappa shape index (κ3) is 5.08. The number of aryl methyl sites for hydroxylation is 1. The van der Waals surface area contributed by atoms with Crippen LogP contribution in [0.2, 0.25) is 0 Å². The van der Waals surface area contributed by atoms with Gasteiger partial charge in [0.15, 0.2) is 0 Å². The molecule has 0 radical (unpaired) electrons. The molecule has 1 aliphatic carbocycles. The van der Waals surface area contributed by atoms with Gasteiger partial charge in [0.1, 0.15) is 0 Å². The topological polar surface area (TPSA) is 68.0 Å². The Bertz CT molecular complexity index is 708. The van der Waals surface area contributed by atoms with E-state index in [1.807, 2.05) is 38.1 Å². The van der Waals surface area contributed by atoms with E-state index in [1.165, 1.54) is 37.4 Å². The van der Waals surface area contributed by atoms with Crippen LogP contribution in [-0.4, -0.2) is 27.4 Å². The number of rotatable bonds is 5. The van der Waals surface area contributed by atoms with Crippen molar-refractivity contribution in [1.29, 1.82) is 0 Å². The molecule has 0 unspecified atom stereocenters. The molecule has 0 aliphatic heterocycles. The van der Waals surface area contributed by atoms with E-state index in [-0.39, 0.29) is 11.2 Å². The van der Waals surface area contributed by atoms with Crippen LogP contribution in [0.4, 0.5) is 0 Å². The Morgan fingerprint density at radius 3 is 2.72 bits per heavy atom. The fourth-order valence-electron chi connectivity index (χ4n) is 3.10. The summed E-state index contributed by atoms with van der Waals surface area (Å²) in [6.07, 6.45) is 7.13. The zero-order valence-electron chi connectivity index (χ0n) is 14.8. The lowest BCUT2D eigenvalue weighted by Gasteiger charge is -2.18. The zero-order valence-corrected chi connectivity index (χ0v) is 15.6. The summed E-state index contributed by atoms with van der Waals surface area (Å²) in [4.78, 5) is 12.4. The highest BCUT2D eigenvalue weighted by Gasteiger charge is 2.22. The average molecular weight is 359 g/mol. The first-order valence-corrected chi connectivity index (χ1v) is 9.87. The van der Waals surface area contributed by atoms with Crippen molar-refractivity contribution in [1.82, 2.24) is 15.5 Å². The maximum absolute atomic E-state index is 12.4. The second-order valence-corrected chi connectivity index (χ2v) is 7.99. The van der Waals surface area contributed by atoms with Gasteiger partial charge in [-0.2, -0.15) is 0 Å². The third-order valence-electron chi connectivity index (χ3n) is 4.52. The van der Waals surface area contributed by atoms with Crippen LogP contribution in [0.25, 0.3) is 11.5 Å². The summed E-state index contributed by atoms with van der Waals surface area (Å²) < 4.78 is 5.72. The smallest absolute Gasteiger partial charge is 0.277 e. The molecule has 5 nitrogen and oxygen atoms in total. The first kappa shape index (κ1) is 18.0. The molecule has 1 heterocycles. The summed E-state index contributed by atoms with van der Waals surface area (Å²) in [6, 6.07) is 8.24. The van der Waals surface area contributed by atoms with E-state index in [1.54, 1.807) is 0 Å². The van der Waals surface area contributed by atoms with Gasteiger partial charge in [0.2, 0.25) is 11.8 Å². The van der Waals surface area contributed by atoms with Gasteiger partial charge in [-0.05, 0) is 38.8 Å². The predicted molar refractivity (Wildman–Crippen MR) is 99.4 cm³/mol. The number of carbonyl (C=O) groups is 1. The second kappa shape index (κ2) is 8.52. The molecule has 6 heteroatoms. The molecule has 1 amide bonds. The molecule has 0 bridgehead atoms. The first-order valence-electron chi connectivity index (χ1n) is 8.99. The van der Waals surface area contributed by atoms with Crippen LogP contribution >= 0.6 is 11.8 Å². The van der Waals surface area contributed by atoms with Gasteiger partial charge in [0, 0.05) is 11.6 Å². The van der Waals surface area contributed by atoms with Gasteiger partial charge in [-0.3, -0.25) is 4.79 Å². The van der Waals surface area contributed by atoms with Gasteiger partial charge in [-0.15, -0.1) is 10.2 Å². The van der Waals surface area contributed by atoms with Crippen LogP contribution in [0.15, 0.2) is 33.9 Å². The van der Waals surface area contributed by atoms with E-state index in [0.29, 0.717) is 17.2 Å². The molecule has 2 aromatic rings. The quantitative estimate of drug-likeness (QED) is 0.634. The highest BCUT2D eigenvalue weighted by atomic mass is 32.2. The van der Waals surface area contributed by atoms with Crippen LogP contribution in [0.3, 0.4) is 0 Å². The molecule has 25 heavy (non-hydrogen) atoms. The minimum Gasteiger partial charge on any atom is -0.411 e. The summed E-state index contributed by atoms with van der Waals surface area (Å²) in [5, 5.41) is 11.5. The second-order valence-electron chi connectivity index (χ2n) is 6.70. The fourth-order valence-corrected chi connectivity index (χ4v) is 3.79. The van der Waals surface area contributed by atoms with Crippen molar-refractivity contribution in [2.45, 2.75) is 68.9 Å². The summed E-state index contributed by atoms with van der Waals surface area (Å²) in [5.74, 6) is 0.537. The Hall–Kier alpha value is -1.82. The Morgan fingerprint density at radius 2 is 2.00 bits per heavy atom. The number of nitrogens with one attached hydrogen (secondary N) is 1. The monoisotopic (exact) mass is 359 g/mol. The number of amides is 1. The summed E-state index contributed by atoms with van der Waals surface area (Å²) >= 11 is 1.31. The Morgan fingerprint density at radius 1 is 1.24 bits per heavy atom. The van der Waals surface area contributed by atoms with E-state index < -0.39 is 0 Å². The summed E-state index contributed by atoms with van der Waals surface area (Å²) in [6.45, 7) is 3.91. The molecule has 1 saturated carbocycles. The first-order chi connectivity index (χ1) is 12.1. The Labute approximate surface area is 153 Å². The number of aromatic nitrogens is 2. The molecule has 1 aromatic heterocycles. The minimum atomic E-state index is -0.255. The van der Waals surface area contributed by atoms with Gasteiger partial charge in [0.25, 0.3) is 5.22 Å². The van der Waals surface area contributed by atoms with Crippen molar-refractivity contribution in [3.05, 3.63) is 29.8 Å². The lowest BCUT2D eigenvalue weighted by Crippen LogP contribution is -2.39. The maximum atomic E-state index is 12.4. The van der Waals surface area contributed by atoms with Crippen LogP contribution in [0.1, 0.15) is 51.0 Å². The summed E-state index contributed by atoms with van der Waals surface area (Å²) in [7, 11) is 0. The lowest BCUT2D eigenvalue weighted by atomic mass is 10.1. The molecule has 134 valence electrons. The molecule has 1 aromatic carbocycles. The van der Waals surface area contributed by atoms with Crippen molar-refractivity contribution in [2.24, 2.45) is 0 Å². The summed E-state index contributed by atoms with van der Waals surface area (Å²) in [5.41, 5.74) is 2.04. The standard InChI is InChI=1S/C19H25N3O2S/c1-13-8-7-9-15(12-13)18-21-22-19(24-18)25-14(2)17(23)20-16-10-5-3-4-6-11-16/h7-9,12,14,16H,3-6,10-11H2,1-2H3,(H,20,23)/t14-/m1/s1. The normalized spacial score (nSPS) is 17.0. The molecule has 1 N–H and O–H groups in total. The number of carbonyl (C=O) groups excluding carboxylic acids is 1. The van der Waals surface area contributed by atoms with Crippen LogP contribution in [0, 0.1) is 6.92 Å². The van der Waals surface area contributed by atoms with E-state index in [4.69, 9.17) is 4.42 Å². The Kier molecular flexibility index (Phi) is 6.13. The number of thioether (sulfide) groups is 1. The highest BCUT2D eigenvalue weighted by molar-refractivity contribution is 8.00. The number of nitrogens with zero attached hydrogens (tertiary/aromatic N) is 2. The van der Waals surface area contributed by atoms with Gasteiger partial charge < -0.3 is 9.73 Å². The molecule has 1 fully saturated rings. The fraction of sp³-hybridized carbons (Fsp3) is 0.526. The van der Waals surface area contributed by atoms with Crippen LogP contribution in [-0.2, 0) is 4.79 Å². The van der Waals surface area contributed by atoms with Crippen molar-refractivity contribution in [3.8, 4) is 11.5 Å². The third-order valence-corrected chi connectivity index (χ3v) is 5.45. The van der Waals surface area contributed by atoms with E-state index in [2.05, 4.69) is 15.5 Å². The van der Waals surface area contributed by atoms with Crippen LogP contribution < -0.4 is 5.32 Å². The van der Waals surface area contributed by atoms with Gasteiger partial charge in [-0.1, -0.05) is 55.1 Å². The molecule has 1 aliphatic rings. The van der Waals surface area contributed by atoms with Gasteiger partial charge in [0.05, 0.1) is 5.25 Å². The van der Waals surface area contributed by atoms with Crippen molar-refractivity contribution in [3.63, 3.8) is 0 Å². The van der Waals surface area contributed by atoms with E-state index in [0.717, 1.165) is 24.0 Å². The van der Waals surface area contributed by atoms with Crippen molar-refractivity contribution < 1.29 is 9.21 Å². The molecule has 3 rings (SSSR count).